The molecule has 0 radical (unpaired) electrons. The number of nitrogens with zero attached hydrogens (tertiary/aromatic N) is 1. The third-order valence-corrected chi connectivity index (χ3v) is 3.87. The SMILES string of the molecule is CC1CCN(C(=O)COc2ccc(Br)cc2F)CC1. The minimum absolute atomic E-state index is 0.0748. The number of ether oxygens (including phenoxy) is 1. The van der Waals surface area contributed by atoms with Crippen LogP contribution in [-0.2, 0) is 4.79 Å². The Balaban J connectivity index is 1.86. The lowest BCUT2D eigenvalue weighted by Gasteiger charge is -2.30. The smallest absolute Gasteiger partial charge is 0.260 e. The third kappa shape index (κ3) is 3.93. The molecule has 0 bridgehead atoms. The first-order valence-corrected chi connectivity index (χ1v) is 7.21. The van der Waals surface area contributed by atoms with E-state index < -0.39 is 5.82 Å². The first kappa shape index (κ1) is 14.3. The minimum atomic E-state index is -0.463. The van der Waals surface area contributed by atoms with E-state index in [0.717, 1.165) is 25.9 Å². The van der Waals surface area contributed by atoms with E-state index in [1.165, 1.54) is 12.1 Å². The van der Waals surface area contributed by atoms with E-state index in [-0.39, 0.29) is 18.3 Å². The monoisotopic (exact) mass is 329 g/mol. The molecule has 5 heteroatoms. The summed E-state index contributed by atoms with van der Waals surface area (Å²) in [6, 6.07) is 4.53. The molecule has 3 nitrogen and oxygen atoms in total. The van der Waals surface area contributed by atoms with Crippen molar-refractivity contribution in [1.29, 1.82) is 0 Å². The molecule has 2 rings (SSSR count). The fourth-order valence-electron chi connectivity index (χ4n) is 2.08. The molecule has 1 aliphatic rings. The van der Waals surface area contributed by atoms with E-state index in [1.54, 1.807) is 11.0 Å². The Labute approximate surface area is 120 Å². The average Bonchev–Trinajstić information content (AvgIpc) is 2.38. The van der Waals surface area contributed by atoms with Gasteiger partial charge in [0.1, 0.15) is 0 Å². The summed E-state index contributed by atoms with van der Waals surface area (Å²) in [6.45, 7) is 3.63. The van der Waals surface area contributed by atoms with E-state index in [4.69, 9.17) is 4.74 Å². The van der Waals surface area contributed by atoms with Crippen molar-refractivity contribution < 1.29 is 13.9 Å². The highest BCUT2D eigenvalue weighted by atomic mass is 79.9. The summed E-state index contributed by atoms with van der Waals surface area (Å²) in [6.07, 6.45) is 2.05. The maximum atomic E-state index is 13.5. The molecular formula is C14H17BrFNO2. The van der Waals surface area contributed by atoms with Crippen molar-refractivity contribution >= 4 is 21.8 Å². The highest BCUT2D eigenvalue weighted by Crippen LogP contribution is 2.22. The highest BCUT2D eigenvalue weighted by Gasteiger charge is 2.20. The highest BCUT2D eigenvalue weighted by molar-refractivity contribution is 9.10. The summed E-state index contributed by atoms with van der Waals surface area (Å²) in [7, 11) is 0. The molecule has 0 N–H and O–H groups in total. The molecule has 1 saturated heterocycles. The van der Waals surface area contributed by atoms with Crippen molar-refractivity contribution in [2.75, 3.05) is 19.7 Å². The standard InChI is InChI=1S/C14H17BrFNO2/c1-10-4-6-17(7-5-10)14(18)9-19-13-3-2-11(15)8-12(13)16/h2-3,8,10H,4-7,9H2,1H3. The first-order valence-electron chi connectivity index (χ1n) is 6.42. The zero-order valence-corrected chi connectivity index (χ0v) is 12.5. The zero-order chi connectivity index (χ0) is 13.8. The maximum absolute atomic E-state index is 13.5. The van der Waals surface area contributed by atoms with Crippen LogP contribution in [0.5, 0.6) is 5.75 Å². The van der Waals surface area contributed by atoms with Gasteiger partial charge in [-0.2, -0.15) is 0 Å². The number of benzene rings is 1. The van der Waals surface area contributed by atoms with Crippen LogP contribution in [-0.4, -0.2) is 30.5 Å². The van der Waals surface area contributed by atoms with Gasteiger partial charge in [0.2, 0.25) is 0 Å². The van der Waals surface area contributed by atoms with Gasteiger partial charge in [-0.25, -0.2) is 4.39 Å². The van der Waals surface area contributed by atoms with E-state index in [9.17, 15) is 9.18 Å². The van der Waals surface area contributed by atoms with Crippen molar-refractivity contribution in [3.63, 3.8) is 0 Å². The van der Waals surface area contributed by atoms with Crippen molar-refractivity contribution in [3.05, 3.63) is 28.5 Å². The summed E-state index contributed by atoms with van der Waals surface area (Å²) in [5, 5.41) is 0. The largest absolute Gasteiger partial charge is 0.481 e. The molecule has 1 aromatic rings. The second-order valence-electron chi connectivity index (χ2n) is 4.93. The summed E-state index contributed by atoms with van der Waals surface area (Å²) in [5.41, 5.74) is 0. The molecule has 0 atom stereocenters. The van der Waals surface area contributed by atoms with Crippen LogP contribution in [0.1, 0.15) is 19.8 Å². The first-order chi connectivity index (χ1) is 9.06. The van der Waals surface area contributed by atoms with Crippen LogP contribution >= 0.6 is 15.9 Å². The minimum Gasteiger partial charge on any atom is -0.481 e. The van der Waals surface area contributed by atoms with Gasteiger partial charge < -0.3 is 9.64 Å². The van der Waals surface area contributed by atoms with Gasteiger partial charge in [0.15, 0.2) is 18.2 Å². The fraction of sp³-hybridized carbons (Fsp3) is 0.500. The number of piperidine rings is 1. The summed E-state index contributed by atoms with van der Waals surface area (Å²) in [5.74, 6) is 0.250. The lowest BCUT2D eigenvalue weighted by atomic mass is 9.99. The Kier molecular flexibility index (Phi) is 4.80. The van der Waals surface area contributed by atoms with Crippen LogP contribution < -0.4 is 4.74 Å². The lowest BCUT2D eigenvalue weighted by molar-refractivity contribution is -0.134. The van der Waals surface area contributed by atoms with Crippen LogP contribution in [0.4, 0.5) is 4.39 Å². The van der Waals surface area contributed by atoms with Gasteiger partial charge in [-0.05, 0) is 37.0 Å². The van der Waals surface area contributed by atoms with Gasteiger partial charge in [-0.3, -0.25) is 4.79 Å². The molecule has 1 amide bonds. The quantitative estimate of drug-likeness (QED) is 0.852. The summed E-state index contributed by atoms with van der Waals surface area (Å²) < 4.78 is 19.4. The fourth-order valence-corrected chi connectivity index (χ4v) is 2.41. The second kappa shape index (κ2) is 6.37. The molecule has 0 saturated carbocycles. The topological polar surface area (TPSA) is 29.5 Å². The van der Waals surface area contributed by atoms with Gasteiger partial charge >= 0.3 is 0 Å². The van der Waals surface area contributed by atoms with Crippen LogP contribution in [0.3, 0.4) is 0 Å². The van der Waals surface area contributed by atoms with Crippen LogP contribution in [0, 0.1) is 11.7 Å². The predicted molar refractivity (Wildman–Crippen MR) is 74.6 cm³/mol. The second-order valence-corrected chi connectivity index (χ2v) is 5.84. The van der Waals surface area contributed by atoms with Gasteiger partial charge in [-0.1, -0.05) is 22.9 Å². The Hall–Kier alpha value is -1.10. The number of likely N-dealkylation sites (tertiary alicyclic amines) is 1. The number of rotatable bonds is 3. The maximum Gasteiger partial charge on any atom is 0.260 e. The molecule has 1 aliphatic heterocycles. The van der Waals surface area contributed by atoms with Crippen LogP contribution in [0.15, 0.2) is 22.7 Å². The molecule has 0 spiro atoms. The van der Waals surface area contributed by atoms with Crippen molar-refractivity contribution in [2.45, 2.75) is 19.8 Å². The zero-order valence-electron chi connectivity index (χ0n) is 10.9. The molecule has 1 aromatic carbocycles. The van der Waals surface area contributed by atoms with Gasteiger partial charge in [0.05, 0.1) is 0 Å². The van der Waals surface area contributed by atoms with E-state index in [2.05, 4.69) is 22.9 Å². The van der Waals surface area contributed by atoms with Gasteiger partial charge in [0.25, 0.3) is 5.91 Å². The Bertz CT molecular complexity index is 459. The van der Waals surface area contributed by atoms with E-state index >= 15 is 0 Å². The van der Waals surface area contributed by atoms with Gasteiger partial charge in [0, 0.05) is 17.6 Å². The molecule has 0 aliphatic carbocycles. The third-order valence-electron chi connectivity index (χ3n) is 3.38. The van der Waals surface area contributed by atoms with Crippen LogP contribution in [0.2, 0.25) is 0 Å². The number of carbonyl (C=O) groups is 1. The summed E-state index contributed by atoms with van der Waals surface area (Å²) >= 11 is 3.17. The number of hydrogen-bond donors (Lipinski definition) is 0. The van der Waals surface area contributed by atoms with E-state index in [0.29, 0.717) is 10.4 Å². The van der Waals surface area contributed by atoms with Crippen molar-refractivity contribution in [1.82, 2.24) is 4.90 Å². The molecule has 0 unspecified atom stereocenters. The normalized spacial score (nSPS) is 16.5. The van der Waals surface area contributed by atoms with Gasteiger partial charge in [-0.15, -0.1) is 0 Å². The summed E-state index contributed by atoms with van der Waals surface area (Å²) in [4.78, 5) is 13.7. The predicted octanol–water partition coefficient (Wildman–Crippen LogP) is 3.23. The average molecular weight is 330 g/mol. The van der Waals surface area contributed by atoms with E-state index in [1.807, 2.05) is 0 Å². The molecular weight excluding hydrogens is 313 g/mol. The molecule has 1 fully saturated rings. The molecule has 1 heterocycles. The molecule has 19 heavy (non-hydrogen) atoms. The molecule has 0 aromatic heterocycles. The number of carbonyl (C=O) groups excluding carboxylic acids is 1. The molecule has 104 valence electrons. The number of halogens is 2. The van der Waals surface area contributed by atoms with Crippen molar-refractivity contribution in [2.24, 2.45) is 5.92 Å². The Morgan fingerprint density at radius 2 is 2.16 bits per heavy atom. The Morgan fingerprint density at radius 3 is 2.79 bits per heavy atom. The number of amides is 1. The van der Waals surface area contributed by atoms with Crippen molar-refractivity contribution in [3.8, 4) is 5.75 Å². The Morgan fingerprint density at radius 1 is 1.47 bits per heavy atom. The number of hydrogen-bond acceptors (Lipinski definition) is 2. The lowest BCUT2D eigenvalue weighted by Crippen LogP contribution is -2.40. The van der Waals surface area contributed by atoms with Crippen LogP contribution in [0.25, 0.3) is 0 Å².